The van der Waals surface area contributed by atoms with Crippen LogP contribution in [0.5, 0.6) is 0 Å². The zero-order valence-electron chi connectivity index (χ0n) is 10.1. The molecule has 0 bridgehead atoms. The quantitative estimate of drug-likeness (QED) is 0.873. The van der Waals surface area contributed by atoms with Gasteiger partial charge in [0.05, 0.1) is 0 Å². The average Bonchev–Trinajstić information content (AvgIpc) is 2.94. The molecule has 1 N–H and O–H groups in total. The van der Waals surface area contributed by atoms with E-state index in [1.165, 1.54) is 36.0 Å². The van der Waals surface area contributed by atoms with Crippen LogP contribution < -0.4 is 5.32 Å². The Bertz CT molecular complexity index is 528. The molecule has 88 valence electrons. The molecule has 0 radical (unpaired) electrons. The number of nitrogens with one attached hydrogen (secondary N) is 1. The lowest BCUT2D eigenvalue weighted by Crippen LogP contribution is -2.01. The molecule has 0 aliphatic heterocycles. The second-order valence-corrected chi connectivity index (χ2v) is 4.68. The van der Waals surface area contributed by atoms with Crippen LogP contribution >= 0.6 is 0 Å². The first-order valence-electron chi connectivity index (χ1n) is 6.15. The molecule has 0 unspecified atom stereocenters. The van der Waals surface area contributed by atoms with E-state index >= 15 is 0 Å². The fourth-order valence-corrected chi connectivity index (χ4v) is 2.44. The monoisotopic (exact) mass is 227 g/mol. The minimum atomic E-state index is 0.851. The van der Waals surface area contributed by atoms with Crippen molar-refractivity contribution in [3.05, 3.63) is 47.2 Å². The minimum Gasteiger partial charge on any atom is -0.365 e. The van der Waals surface area contributed by atoms with Gasteiger partial charge in [0.25, 0.3) is 0 Å². The molecule has 3 nitrogen and oxygen atoms in total. The summed E-state index contributed by atoms with van der Waals surface area (Å²) in [5.41, 5.74) is 4.41. The molecule has 1 aliphatic rings. The van der Waals surface area contributed by atoms with Crippen LogP contribution in [0.3, 0.4) is 0 Å². The van der Waals surface area contributed by atoms with Gasteiger partial charge in [0.2, 0.25) is 0 Å². The molecule has 0 fully saturated rings. The van der Waals surface area contributed by atoms with Crippen LogP contribution in [0.25, 0.3) is 0 Å². The number of rotatable bonds is 3. The summed E-state index contributed by atoms with van der Waals surface area (Å²) in [6.07, 6.45) is 5.76. The van der Waals surface area contributed by atoms with E-state index in [-0.39, 0.29) is 0 Å². The maximum Gasteiger partial charge on any atom is 0.148 e. The van der Waals surface area contributed by atoms with Crippen molar-refractivity contribution in [2.45, 2.75) is 25.8 Å². The molecule has 17 heavy (non-hydrogen) atoms. The van der Waals surface area contributed by atoms with Crippen molar-refractivity contribution in [2.75, 3.05) is 5.32 Å². The summed E-state index contributed by atoms with van der Waals surface area (Å²) in [5.74, 6) is 0.938. The number of aryl methyl sites for hydroxylation is 3. The summed E-state index contributed by atoms with van der Waals surface area (Å²) >= 11 is 0. The van der Waals surface area contributed by atoms with Crippen LogP contribution in [0, 0.1) is 0 Å². The van der Waals surface area contributed by atoms with Gasteiger partial charge < -0.3 is 5.32 Å². The number of hydrogen-bond donors (Lipinski definition) is 1. The highest BCUT2D eigenvalue weighted by molar-refractivity contribution is 5.38. The first-order chi connectivity index (χ1) is 8.31. The van der Waals surface area contributed by atoms with Crippen LogP contribution in [0.4, 0.5) is 5.82 Å². The van der Waals surface area contributed by atoms with Gasteiger partial charge in [0.1, 0.15) is 5.82 Å². The number of hydrogen-bond acceptors (Lipinski definition) is 2. The predicted molar refractivity (Wildman–Crippen MR) is 69.0 cm³/mol. The molecule has 1 heterocycles. The van der Waals surface area contributed by atoms with Crippen LogP contribution in [-0.2, 0) is 26.4 Å². The maximum atomic E-state index is 4.30. The zero-order chi connectivity index (χ0) is 11.7. The zero-order valence-corrected chi connectivity index (χ0v) is 10.1. The van der Waals surface area contributed by atoms with E-state index in [1.807, 2.05) is 24.0 Å². The molecular formula is C14H17N3. The van der Waals surface area contributed by atoms with E-state index < -0.39 is 0 Å². The molecule has 3 heteroatoms. The lowest BCUT2D eigenvalue weighted by atomic mass is 10.1. The SMILES string of the molecule is Cn1ccc(NCc2ccc3c(c2)CCC3)n1. The average molecular weight is 227 g/mol. The standard InChI is InChI=1S/C14H17N3/c1-17-8-7-14(16-17)15-10-11-5-6-12-3-2-4-13(12)9-11/h5-9H,2-4,10H2,1H3,(H,15,16). The van der Waals surface area contributed by atoms with E-state index in [2.05, 4.69) is 28.6 Å². The minimum absolute atomic E-state index is 0.851. The molecule has 3 rings (SSSR count). The molecule has 0 saturated carbocycles. The van der Waals surface area contributed by atoms with Crippen LogP contribution in [0.15, 0.2) is 30.5 Å². The van der Waals surface area contributed by atoms with Crippen molar-refractivity contribution in [3.63, 3.8) is 0 Å². The van der Waals surface area contributed by atoms with Crippen molar-refractivity contribution in [2.24, 2.45) is 7.05 Å². The first kappa shape index (κ1) is 10.4. The number of nitrogens with zero attached hydrogens (tertiary/aromatic N) is 2. The summed E-state index contributed by atoms with van der Waals surface area (Å²) in [6.45, 7) is 0.851. The molecular weight excluding hydrogens is 210 g/mol. The summed E-state index contributed by atoms with van der Waals surface area (Å²) in [6, 6.07) is 8.82. The second-order valence-electron chi connectivity index (χ2n) is 4.68. The molecule has 0 amide bonds. The van der Waals surface area contributed by atoms with Gasteiger partial charge in [-0.3, -0.25) is 4.68 Å². The molecule has 1 aromatic carbocycles. The number of anilines is 1. The summed E-state index contributed by atoms with van der Waals surface area (Å²) < 4.78 is 1.81. The molecule has 2 aromatic rings. The van der Waals surface area contributed by atoms with E-state index in [4.69, 9.17) is 0 Å². The summed E-state index contributed by atoms with van der Waals surface area (Å²) in [5, 5.41) is 7.64. The lowest BCUT2D eigenvalue weighted by Gasteiger charge is -2.06. The summed E-state index contributed by atoms with van der Waals surface area (Å²) in [4.78, 5) is 0. The third-order valence-corrected chi connectivity index (χ3v) is 3.35. The highest BCUT2D eigenvalue weighted by Crippen LogP contribution is 2.23. The Kier molecular flexibility index (Phi) is 2.59. The fraction of sp³-hybridized carbons (Fsp3) is 0.357. The first-order valence-corrected chi connectivity index (χ1v) is 6.15. The molecule has 0 spiro atoms. The third kappa shape index (κ3) is 2.18. The van der Waals surface area contributed by atoms with Crippen LogP contribution in [0.2, 0.25) is 0 Å². The van der Waals surface area contributed by atoms with Gasteiger partial charge in [-0.2, -0.15) is 5.10 Å². The number of benzene rings is 1. The Labute approximate surface area is 101 Å². The van der Waals surface area contributed by atoms with Crippen molar-refractivity contribution in [1.29, 1.82) is 0 Å². The normalized spacial score (nSPS) is 13.7. The van der Waals surface area contributed by atoms with Gasteiger partial charge in [-0.15, -0.1) is 0 Å². The Morgan fingerprint density at radius 1 is 1.24 bits per heavy atom. The number of aromatic nitrogens is 2. The Balaban J connectivity index is 1.69. The fourth-order valence-electron chi connectivity index (χ4n) is 2.44. The Hall–Kier alpha value is -1.77. The van der Waals surface area contributed by atoms with Gasteiger partial charge >= 0.3 is 0 Å². The Morgan fingerprint density at radius 2 is 2.12 bits per heavy atom. The molecule has 0 saturated heterocycles. The highest BCUT2D eigenvalue weighted by atomic mass is 15.3. The van der Waals surface area contributed by atoms with Crippen molar-refractivity contribution < 1.29 is 0 Å². The lowest BCUT2D eigenvalue weighted by molar-refractivity contribution is 0.768. The maximum absolute atomic E-state index is 4.30. The van der Waals surface area contributed by atoms with Gasteiger partial charge in [-0.1, -0.05) is 18.2 Å². The Morgan fingerprint density at radius 3 is 2.94 bits per heavy atom. The van der Waals surface area contributed by atoms with Crippen LogP contribution in [0.1, 0.15) is 23.1 Å². The van der Waals surface area contributed by atoms with Gasteiger partial charge in [0, 0.05) is 25.9 Å². The molecule has 1 aromatic heterocycles. The highest BCUT2D eigenvalue weighted by Gasteiger charge is 2.10. The summed E-state index contributed by atoms with van der Waals surface area (Å²) in [7, 11) is 1.93. The smallest absolute Gasteiger partial charge is 0.148 e. The van der Waals surface area contributed by atoms with E-state index in [9.17, 15) is 0 Å². The van der Waals surface area contributed by atoms with E-state index in [0.717, 1.165) is 12.4 Å². The topological polar surface area (TPSA) is 29.9 Å². The predicted octanol–water partition coefficient (Wildman–Crippen LogP) is 2.52. The van der Waals surface area contributed by atoms with Gasteiger partial charge in [0.15, 0.2) is 0 Å². The largest absolute Gasteiger partial charge is 0.365 e. The van der Waals surface area contributed by atoms with E-state index in [1.54, 1.807) is 0 Å². The second kappa shape index (κ2) is 4.24. The van der Waals surface area contributed by atoms with E-state index in [0.29, 0.717) is 0 Å². The molecule has 1 aliphatic carbocycles. The molecule has 0 atom stereocenters. The number of fused-ring (bicyclic) bond motifs is 1. The van der Waals surface area contributed by atoms with Crippen molar-refractivity contribution in [3.8, 4) is 0 Å². The van der Waals surface area contributed by atoms with Crippen molar-refractivity contribution >= 4 is 5.82 Å². The third-order valence-electron chi connectivity index (χ3n) is 3.35. The van der Waals surface area contributed by atoms with Gasteiger partial charge in [-0.05, 0) is 36.0 Å². The van der Waals surface area contributed by atoms with Crippen LogP contribution in [-0.4, -0.2) is 9.78 Å². The van der Waals surface area contributed by atoms with Crippen molar-refractivity contribution in [1.82, 2.24) is 9.78 Å². The van der Waals surface area contributed by atoms with Gasteiger partial charge in [-0.25, -0.2) is 0 Å².